The van der Waals surface area contributed by atoms with E-state index in [1.165, 1.54) is 17.3 Å². The standard InChI is InChI=1S/C22H24N2O2S/c1-4-16-11-7-9-13-18(16)23-22-24(5-2)21(25)20(27-22)15-17-12-8-10-14-19(17)26-6-3/h7-15H,4-6H2,1-3H3/b20-15+,23-22?. The molecule has 27 heavy (non-hydrogen) atoms. The van der Waals surface area contributed by atoms with Crippen LogP contribution in [-0.4, -0.2) is 29.1 Å². The molecule has 140 valence electrons. The van der Waals surface area contributed by atoms with Gasteiger partial charge in [-0.05, 0) is 55.8 Å². The Hall–Kier alpha value is -2.53. The zero-order valence-corrected chi connectivity index (χ0v) is 16.8. The Morgan fingerprint density at radius 2 is 1.81 bits per heavy atom. The van der Waals surface area contributed by atoms with E-state index < -0.39 is 0 Å². The number of hydrogen-bond donors (Lipinski definition) is 0. The molecule has 1 aliphatic heterocycles. The molecule has 5 heteroatoms. The van der Waals surface area contributed by atoms with Crippen molar-refractivity contribution < 1.29 is 9.53 Å². The second-order valence-electron chi connectivity index (χ2n) is 6.01. The summed E-state index contributed by atoms with van der Waals surface area (Å²) in [7, 11) is 0. The first-order valence-corrected chi connectivity index (χ1v) is 10.1. The summed E-state index contributed by atoms with van der Waals surface area (Å²) in [5.74, 6) is 0.771. The zero-order valence-electron chi connectivity index (χ0n) is 15.9. The Labute approximate surface area is 164 Å². The van der Waals surface area contributed by atoms with Gasteiger partial charge in [-0.1, -0.05) is 43.3 Å². The fraction of sp³-hybridized carbons (Fsp3) is 0.273. The third-order valence-corrected chi connectivity index (χ3v) is 5.31. The molecule has 1 heterocycles. The maximum atomic E-state index is 12.9. The van der Waals surface area contributed by atoms with Gasteiger partial charge in [0, 0.05) is 12.1 Å². The largest absolute Gasteiger partial charge is 0.493 e. The quantitative estimate of drug-likeness (QED) is 0.641. The number of rotatable bonds is 6. The molecular formula is C22H24N2O2S. The normalized spacial score (nSPS) is 17.1. The second-order valence-corrected chi connectivity index (χ2v) is 7.02. The molecule has 0 aliphatic carbocycles. The number of thioether (sulfide) groups is 1. The number of carbonyl (C=O) groups excluding carboxylic acids is 1. The highest BCUT2D eigenvalue weighted by Gasteiger charge is 2.32. The van der Waals surface area contributed by atoms with Crippen LogP contribution < -0.4 is 4.74 Å². The Morgan fingerprint density at radius 1 is 1.07 bits per heavy atom. The third-order valence-electron chi connectivity index (χ3n) is 4.30. The van der Waals surface area contributed by atoms with Crippen molar-refractivity contribution in [2.24, 2.45) is 4.99 Å². The predicted molar refractivity (Wildman–Crippen MR) is 113 cm³/mol. The summed E-state index contributed by atoms with van der Waals surface area (Å²) in [5.41, 5.74) is 3.00. The number of ether oxygens (including phenoxy) is 1. The summed E-state index contributed by atoms with van der Waals surface area (Å²) in [5, 5.41) is 0.726. The van der Waals surface area contributed by atoms with Gasteiger partial charge < -0.3 is 4.74 Å². The van der Waals surface area contributed by atoms with Crippen molar-refractivity contribution in [1.29, 1.82) is 0 Å². The summed E-state index contributed by atoms with van der Waals surface area (Å²) >= 11 is 1.42. The Morgan fingerprint density at radius 3 is 2.56 bits per heavy atom. The molecule has 1 amide bonds. The predicted octanol–water partition coefficient (Wildman–Crippen LogP) is 5.27. The molecule has 0 bridgehead atoms. The van der Waals surface area contributed by atoms with Crippen LogP contribution in [0.25, 0.3) is 6.08 Å². The monoisotopic (exact) mass is 380 g/mol. The topological polar surface area (TPSA) is 41.9 Å². The summed E-state index contributed by atoms with van der Waals surface area (Å²) in [4.78, 5) is 20.1. The molecule has 0 aromatic heterocycles. The van der Waals surface area contributed by atoms with Crippen LogP contribution in [0.3, 0.4) is 0 Å². The number of para-hydroxylation sites is 2. The van der Waals surface area contributed by atoms with Crippen LogP contribution in [0.1, 0.15) is 31.9 Å². The van der Waals surface area contributed by atoms with Crippen LogP contribution in [0.2, 0.25) is 0 Å². The van der Waals surface area contributed by atoms with Crippen LogP contribution in [0.5, 0.6) is 5.75 Å². The molecule has 2 aromatic carbocycles. The minimum Gasteiger partial charge on any atom is -0.493 e. The van der Waals surface area contributed by atoms with Crippen LogP contribution in [-0.2, 0) is 11.2 Å². The minimum absolute atomic E-state index is 0.0125. The number of likely N-dealkylation sites (N-methyl/N-ethyl adjacent to an activating group) is 1. The fourth-order valence-electron chi connectivity index (χ4n) is 2.92. The number of amides is 1. The lowest BCUT2D eigenvalue weighted by molar-refractivity contribution is -0.122. The van der Waals surface area contributed by atoms with Gasteiger partial charge in [0.15, 0.2) is 5.17 Å². The average molecular weight is 381 g/mol. The van der Waals surface area contributed by atoms with Gasteiger partial charge in [-0.2, -0.15) is 0 Å². The van der Waals surface area contributed by atoms with Gasteiger partial charge in [0.25, 0.3) is 5.91 Å². The molecule has 0 spiro atoms. The van der Waals surface area contributed by atoms with E-state index in [2.05, 4.69) is 13.0 Å². The molecule has 0 unspecified atom stereocenters. The van der Waals surface area contributed by atoms with E-state index in [0.29, 0.717) is 18.1 Å². The molecule has 4 nitrogen and oxygen atoms in total. The summed E-state index contributed by atoms with van der Waals surface area (Å²) in [6, 6.07) is 15.8. The summed E-state index contributed by atoms with van der Waals surface area (Å²) < 4.78 is 5.68. The van der Waals surface area contributed by atoms with Crippen molar-refractivity contribution in [1.82, 2.24) is 4.90 Å². The molecule has 0 N–H and O–H groups in total. The van der Waals surface area contributed by atoms with Crippen molar-refractivity contribution in [3.63, 3.8) is 0 Å². The minimum atomic E-state index is -0.0125. The highest BCUT2D eigenvalue weighted by Crippen LogP contribution is 2.36. The smallest absolute Gasteiger partial charge is 0.266 e. The van der Waals surface area contributed by atoms with Crippen molar-refractivity contribution in [2.45, 2.75) is 27.2 Å². The van der Waals surface area contributed by atoms with Gasteiger partial charge in [0.2, 0.25) is 0 Å². The van der Waals surface area contributed by atoms with Crippen LogP contribution >= 0.6 is 11.8 Å². The number of carbonyl (C=O) groups is 1. The van der Waals surface area contributed by atoms with Crippen molar-refractivity contribution in [3.8, 4) is 5.75 Å². The number of amidine groups is 1. The van der Waals surface area contributed by atoms with E-state index in [-0.39, 0.29) is 5.91 Å². The second kappa shape index (κ2) is 8.91. The fourth-order valence-corrected chi connectivity index (χ4v) is 3.97. The first kappa shape index (κ1) is 19.2. The molecular weight excluding hydrogens is 356 g/mol. The SMILES string of the molecule is CCOc1ccccc1/C=C1/SC(=Nc2ccccc2CC)N(CC)C1=O. The molecule has 0 atom stereocenters. The highest BCUT2D eigenvalue weighted by molar-refractivity contribution is 8.18. The van der Waals surface area contributed by atoms with E-state index in [1.54, 1.807) is 4.90 Å². The lowest BCUT2D eigenvalue weighted by Gasteiger charge is -2.13. The molecule has 0 saturated carbocycles. The van der Waals surface area contributed by atoms with Gasteiger partial charge in [-0.3, -0.25) is 9.69 Å². The van der Waals surface area contributed by atoms with E-state index >= 15 is 0 Å². The van der Waals surface area contributed by atoms with Crippen molar-refractivity contribution >= 4 is 34.6 Å². The number of benzene rings is 2. The average Bonchev–Trinajstić information content (AvgIpc) is 2.98. The maximum absolute atomic E-state index is 12.9. The van der Waals surface area contributed by atoms with Crippen molar-refractivity contribution in [3.05, 3.63) is 64.6 Å². The van der Waals surface area contributed by atoms with Crippen molar-refractivity contribution in [2.75, 3.05) is 13.2 Å². The molecule has 1 fully saturated rings. The lowest BCUT2D eigenvalue weighted by Crippen LogP contribution is -2.28. The van der Waals surface area contributed by atoms with E-state index in [0.717, 1.165) is 28.6 Å². The number of nitrogens with zero attached hydrogens (tertiary/aromatic N) is 2. The number of aryl methyl sites for hydroxylation is 1. The molecule has 3 rings (SSSR count). The molecule has 0 radical (unpaired) electrons. The van der Waals surface area contributed by atoms with Crippen LogP contribution in [0, 0.1) is 0 Å². The molecule has 2 aromatic rings. The van der Waals surface area contributed by atoms with Crippen LogP contribution in [0.15, 0.2) is 58.4 Å². The van der Waals surface area contributed by atoms with Gasteiger partial charge in [-0.25, -0.2) is 4.99 Å². The van der Waals surface area contributed by atoms with Gasteiger partial charge in [-0.15, -0.1) is 0 Å². The van der Waals surface area contributed by atoms with Gasteiger partial charge in [0.05, 0.1) is 17.2 Å². The first-order chi connectivity index (χ1) is 13.2. The Balaban J connectivity index is 1.97. The van der Waals surface area contributed by atoms with E-state index in [9.17, 15) is 4.79 Å². The van der Waals surface area contributed by atoms with E-state index in [4.69, 9.17) is 9.73 Å². The Kier molecular flexibility index (Phi) is 6.35. The van der Waals surface area contributed by atoms with Crippen LogP contribution in [0.4, 0.5) is 5.69 Å². The van der Waals surface area contributed by atoms with E-state index in [1.807, 2.05) is 62.4 Å². The first-order valence-electron chi connectivity index (χ1n) is 9.27. The maximum Gasteiger partial charge on any atom is 0.266 e. The Bertz CT molecular complexity index is 889. The van der Waals surface area contributed by atoms with Gasteiger partial charge in [0.1, 0.15) is 5.75 Å². The van der Waals surface area contributed by atoms with Gasteiger partial charge >= 0.3 is 0 Å². The summed E-state index contributed by atoms with van der Waals surface area (Å²) in [6.07, 6.45) is 2.80. The summed E-state index contributed by atoms with van der Waals surface area (Å²) in [6.45, 7) is 7.21. The lowest BCUT2D eigenvalue weighted by atomic mass is 10.1. The highest BCUT2D eigenvalue weighted by atomic mass is 32.2. The molecule has 1 saturated heterocycles. The number of aliphatic imine (C=N–C) groups is 1. The molecule has 1 aliphatic rings. The third kappa shape index (κ3) is 4.25. The number of hydrogen-bond acceptors (Lipinski definition) is 4. The zero-order chi connectivity index (χ0) is 19.2.